The Kier molecular flexibility index (Phi) is 14.1. The van der Waals surface area contributed by atoms with Gasteiger partial charge in [0.2, 0.25) is 5.91 Å². The zero-order chi connectivity index (χ0) is 39.9. The van der Waals surface area contributed by atoms with Crippen LogP contribution < -0.4 is 41.0 Å². The highest BCUT2D eigenvalue weighted by atomic mass is 16.5. The lowest BCUT2D eigenvalue weighted by atomic mass is 10.1. The summed E-state index contributed by atoms with van der Waals surface area (Å²) in [7, 11) is 2.60. The molecule has 0 aliphatic heterocycles. The van der Waals surface area contributed by atoms with Gasteiger partial charge < -0.3 is 35.3 Å². The minimum atomic E-state index is -1.26. The summed E-state index contributed by atoms with van der Waals surface area (Å²) >= 11 is 0. The number of nitriles is 1. The summed E-state index contributed by atoms with van der Waals surface area (Å²) in [6.45, 7) is 7.05. The number of rotatable bonds is 16. The van der Waals surface area contributed by atoms with Crippen molar-refractivity contribution in [2.45, 2.75) is 12.5 Å². The van der Waals surface area contributed by atoms with Crippen molar-refractivity contribution in [2.75, 3.05) is 43.5 Å². The van der Waals surface area contributed by atoms with Crippen LogP contribution >= 0.6 is 0 Å². The zero-order valence-corrected chi connectivity index (χ0v) is 30.0. The molecule has 4 aromatic carbocycles. The Balaban J connectivity index is 1.72. The van der Waals surface area contributed by atoms with Gasteiger partial charge in [0.05, 0.1) is 32.4 Å². The first-order valence-corrected chi connectivity index (χ1v) is 16.5. The predicted molar refractivity (Wildman–Crippen MR) is 204 cm³/mol. The highest BCUT2D eigenvalue weighted by Gasteiger charge is 2.30. The third-order valence-electron chi connectivity index (χ3n) is 7.68. The van der Waals surface area contributed by atoms with E-state index in [9.17, 15) is 29.2 Å². The van der Waals surface area contributed by atoms with E-state index < -0.39 is 35.6 Å². The molecule has 0 aromatic heterocycles. The van der Waals surface area contributed by atoms with Crippen LogP contribution in [0.5, 0.6) is 17.2 Å². The maximum atomic E-state index is 14.4. The second kappa shape index (κ2) is 19.3. The monoisotopic (exact) mass is 746 g/mol. The molecule has 15 heteroatoms. The lowest BCUT2D eigenvalue weighted by Gasteiger charge is -2.27. The molecule has 5 N–H and O–H groups in total. The number of hydrazine groups is 1. The van der Waals surface area contributed by atoms with E-state index in [-0.39, 0.29) is 70.5 Å². The van der Waals surface area contributed by atoms with Gasteiger partial charge in [0.15, 0.2) is 11.5 Å². The van der Waals surface area contributed by atoms with Crippen molar-refractivity contribution >= 4 is 46.7 Å². The van der Waals surface area contributed by atoms with Gasteiger partial charge in [-0.3, -0.25) is 24.6 Å². The topological polar surface area (TPSA) is 211 Å². The summed E-state index contributed by atoms with van der Waals surface area (Å²) in [6.07, 6.45) is 2.48. The highest BCUT2D eigenvalue weighted by molar-refractivity contribution is 6.11. The molecule has 4 rings (SSSR count). The third-order valence-corrected chi connectivity index (χ3v) is 7.68. The predicted octanol–water partition coefficient (Wildman–Crippen LogP) is 4.84. The number of carbonyl (C=O) groups is 5. The maximum absolute atomic E-state index is 14.4. The fourth-order valence-electron chi connectivity index (χ4n) is 5.01. The number of nitrogens with two attached hydrogens (primary N) is 1. The van der Waals surface area contributed by atoms with Crippen molar-refractivity contribution in [2.24, 2.45) is 0 Å². The normalized spacial score (nSPS) is 10.7. The molecule has 0 radical (unpaired) electrons. The molecule has 4 amide bonds. The van der Waals surface area contributed by atoms with Gasteiger partial charge in [0.25, 0.3) is 17.7 Å². The number of amides is 4. The second-order valence-electron chi connectivity index (χ2n) is 11.3. The number of carbonyl (C=O) groups excluding carboxylic acids is 5. The van der Waals surface area contributed by atoms with E-state index in [1.54, 1.807) is 30.3 Å². The summed E-state index contributed by atoms with van der Waals surface area (Å²) in [6, 6.07) is 21.5. The van der Waals surface area contributed by atoms with Crippen LogP contribution in [0.1, 0.15) is 47.9 Å². The van der Waals surface area contributed by atoms with Gasteiger partial charge in [0, 0.05) is 22.4 Å². The molecule has 0 bridgehead atoms. The zero-order valence-electron chi connectivity index (χ0n) is 30.0. The summed E-state index contributed by atoms with van der Waals surface area (Å²) in [5.74, 6) is -3.73. The van der Waals surface area contributed by atoms with E-state index in [2.05, 4.69) is 29.2 Å². The van der Waals surface area contributed by atoms with Gasteiger partial charge in [-0.2, -0.15) is 5.26 Å². The van der Waals surface area contributed by atoms with E-state index >= 15 is 0 Å². The number of methoxy groups -OCH3 is 2. The van der Waals surface area contributed by atoms with Crippen molar-refractivity contribution in [1.29, 1.82) is 5.26 Å². The fraction of sp³-hybridized carbons (Fsp3) is 0.150. The average molecular weight is 747 g/mol. The number of benzene rings is 4. The van der Waals surface area contributed by atoms with E-state index in [4.69, 9.17) is 24.7 Å². The van der Waals surface area contributed by atoms with Crippen molar-refractivity contribution in [3.8, 4) is 23.3 Å². The van der Waals surface area contributed by atoms with Gasteiger partial charge in [-0.15, -0.1) is 0 Å². The van der Waals surface area contributed by atoms with Gasteiger partial charge in [-0.25, -0.2) is 9.80 Å². The Hall–Kier alpha value is -7.60. The number of nitrogens with zero attached hydrogens (tertiary/aromatic N) is 2. The van der Waals surface area contributed by atoms with Crippen LogP contribution in [0.15, 0.2) is 110 Å². The van der Waals surface area contributed by atoms with Gasteiger partial charge in [-0.1, -0.05) is 43.5 Å². The van der Waals surface area contributed by atoms with Crippen LogP contribution in [0.25, 0.3) is 0 Å². The van der Waals surface area contributed by atoms with Crippen molar-refractivity contribution < 1.29 is 42.9 Å². The standard InChI is InChI=1S/C40H38N6O9/c1-5-22-54-34-29(40(51)55-23-6-2)17-19-32(35(34)53-4)46(45-37(48)25-10-8-7-9-11-25)39(50)27-14-18-30(33(24-27)52-3)43-38(49)31(20-21-41)44-36(47)26-12-15-28(42)16-13-26/h5-19,24,31H,1-2,20,22-23,42H2,3-4H3,(H,43,49)(H,44,47)(H,45,48). The van der Waals surface area contributed by atoms with Crippen molar-refractivity contribution in [1.82, 2.24) is 10.7 Å². The number of anilines is 3. The first-order chi connectivity index (χ1) is 26.6. The average Bonchev–Trinajstić information content (AvgIpc) is 3.20. The Morgan fingerprint density at radius 2 is 1.51 bits per heavy atom. The summed E-state index contributed by atoms with van der Waals surface area (Å²) < 4.78 is 22.2. The molecule has 0 fully saturated rings. The second-order valence-corrected chi connectivity index (χ2v) is 11.3. The summed E-state index contributed by atoms with van der Waals surface area (Å²) in [4.78, 5) is 67.0. The first kappa shape index (κ1) is 40.2. The Bertz CT molecular complexity index is 2110. The van der Waals surface area contributed by atoms with Crippen LogP contribution in [0.2, 0.25) is 0 Å². The minimum Gasteiger partial charge on any atom is -0.495 e. The van der Waals surface area contributed by atoms with Crippen LogP contribution in [0.4, 0.5) is 17.1 Å². The summed E-state index contributed by atoms with van der Waals surface area (Å²) in [5, 5.41) is 15.5. The quantitative estimate of drug-likeness (QED) is 0.0528. The van der Waals surface area contributed by atoms with Crippen LogP contribution in [0.3, 0.4) is 0 Å². The number of nitrogen functional groups attached to an aromatic ring is 1. The fourth-order valence-corrected chi connectivity index (χ4v) is 5.01. The van der Waals surface area contributed by atoms with Crippen molar-refractivity contribution in [3.63, 3.8) is 0 Å². The lowest BCUT2D eigenvalue weighted by molar-refractivity contribution is -0.117. The first-order valence-electron chi connectivity index (χ1n) is 16.5. The van der Waals surface area contributed by atoms with E-state index in [1.807, 2.05) is 6.07 Å². The Labute approximate surface area is 316 Å². The van der Waals surface area contributed by atoms with Gasteiger partial charge in [0.1, 0.15) is 36.3 Å². The minimum absolute atomic E-state index is 0.0244. The molecule has 0 spiro atoms. The molecule has 1 unspecified atom stereocenters. The number of ether oxygens (including phenoxy) is 4. The lowest BCUT2D eigenvalue weighted by Crippen LogP contribution is -2.47. The molecule has 0 saturated heterocycles. The molecule has 55 heavy (non-hydrogen) atoms. The molecule has 1 atom stereocenters. The van der Waals surface area contributed by atoms with Gasteiger partial charge in [-0.05, 0) is 66.7 Å². The number of hydrogen-bond donors (Lipinski definition) is 4. The van der Waals surface area contributed by atoms with Crippen LogP contribution in [-0.4, -0.2) is 63.1 Å². The number of nitrogens with one attached hydrogen (secondary N) is 3. The Morgan fingerprint density at radius 3 is 2.15 bits per heavy atom. The smallest absolute Gasteiger partial charge is 0.342 e. The molecule has 282 valence electrons. The molecule has 0 aliphatic rings. The molecule has 15 nitrogen and oxygen atoms in total. The van der Waals surface area contributed by atoms with Crippen LogP contribution in [0, 0.1) is 11.3 Å². The number of hydrogen-bond acceptors (Lipinski definition) is 11. The molecule has 0 heterocycles. The van der Waals surface area contributed by atoms with Gasteiger partial charge >= 0.3 is 5.97 Å². The third kappa shape index (κ3) is 10.1. The molecule has 4 aromatic rings. The molecule has 0 saturated carbocycles. The highest BCUT2D eigenvalue weighted by Crippen LogP contribution is 2.41. The van der Waals surface area contributed by atoms with Crippen molar-refractivity contribution in [3.05, 3.63) is 132 Å². The largest absolute Gasteiger partial charge is 0.495 e. The Morgan fingerprint density at radius 1 is 0.836 bits per heavy atom. The molecule has 0 aliphatic carbocycles. The maximum Gasteiger partial charge on any atom is 0.342 e. The van der Waals surface area contributed by atoms with E-state index in [0.717, 1.165) is 5.01 Å². The van der Waals surface area contributed by atoms with E-state index in [0.29, 0.717) is 5.69 Å². The van der Waals surface area contributed by atoms with E-state index in [1.165, 1.54) is 81.0 Å². The molecular weight excluding hydrogens is 708 g/mol. The summed E-state index contributed by atoms with van der Waals surface area (Å²) in [5.41, 5.74) is 9.22. The number of esters is 1. The molecular formula is C40H38N6O9. The van der Waals surface area contributed by atoms with Crippen LogP contribution in [-0.2, 0) is 9.53 Å². The SMILES string of the molecule is C=CCOC(=O)c1ccc(N(NC(=O)c2ccccc2)C(=O)c2ccc(NC(=O)C(CC#N)NC(=O)c3ccc(N)cc3)c(OC)c2)c(OC)c1OCC=C.